The predicted octanol–water partition coefficient (Wildman–Crippen LogP) is 2.82. The molecule has 24 heavy (non-hydrogen) atoms. The molecule has 2 N–H and O–H groups in total. The molecule has 0 fully saturated rings. The Morgan fingerprint density at radius 3 is 2.46 bits per heavy atom. The zero-order valence-corrected chi connectivity index (χ0v) is 15.2. The average Bonchev–Trinajstić information content (AvgIpc) is 3.12. The molecule has 0 saturated heterocycles. The SMILES string of the molecule is CC(C)(C)c1nnc(SCc2cn(-c3ccc(Cl)cc3)nn2)n1N. The number of nitrogens with two attached hydrogens (primary N) is 1. The molecule has 0 spiro atoms. The number of nitrogens with zero attached hydrogens (tertiary/aromatic N) is 6. The minimum absolute atomic E-state index is 0.154. The van der Waals surface area contributed by atoms with Crippen LogP contribution in [0.15, 0.2) is 35.6 Å². The smallest absolute Gasteiger partial charge is 0.210 e. The molecule has 0 bridgehead atoms. The van der Waals surface area contributed by atoms with Crippen LogP contribution in [0.2, 0.25) is 5.02 Å². The Balaban J connectivity index is 1.70. The molecular weight excluding hydrogens is 346 g/mol. The van der Waals surface area contributed by atoms with Crippen molar-refractivity contribution in [3.63, 3.8) is 0 Å². The lowest BCUT2D eigenvalue weighted by Gasteiger charge is -2.16. The summed E-state index contributed by atoms with van der Waals surface area (Å²) < 4.78 is 3.24. The molecule has 0 unspecified atom stereocenters. The van der Waals surface area contributed by atoms with Crippen LogP contribution < -0.4 is 5.84 Å². The van der Waals surface area contributed by atoms with Crippen molar-refractivity contribution in [1.29, 1.82) is 0 Å². The summed E-state index contributed by atoms with van der Waals surface area (Å²) in [5, 5.41) is 18.0. The Morgan fingerprint density at radius 2 is 1.83 bits per heavy atom. The van der Waals surface area contributed by atoms with Crippen LogP contribution in [0.5, 0.6) is 0 Å². The third kappa shape index (κ3) is 3.54. The lowest BCUT2D eigenvalue weighted by atomic mass is 9.96. The van der Waals surface area contributed by atoms with Gasteiger partial charge >= 0.3 is 0 Å². The number of halogens is 1. The van der Waals surface area contributed by atoms with E-state index in [2.05, 4.69) is 20.5 Å². The van der Waals surface area contributed by atoms with Gasteiger partial charge in [0, 0.05) is 16.2 Å². The van der Waals surface area contributed by atoms with Gasteiger partial charge in [-0.15, -0.1) is 15.3 Å². The Morgan fingerprint density at radius 1 is 1.12 bits per heavy atom. The molecule has 0 radical (unpaired) electrons. The summed E-state index contributed by atoms with van der Waals surface area (Å²) in [7, 11) is 0. The fourth-order valence-electron chi connectivity index (χ4n) is 2.11. The van der Waals surface area contributed by atoms with Crippen molar-refractivity contribution < 1.29 is 0 Å². The summed E-state index contributed by atoms with van der Waals surface area (Å²) in [5.41, 5.74) is 1.58. The second kappa shape index (κ2) is 6.45. The molecule has 7 nitrogen and oxygen atoms in total. The van der Waals surface area contributed by atoms with E-state index in [9.17, 15) is 0 Å². The largest absolute Gasteiger partial charge is 0.336 e. The van der Waals surface area contributed by atoms with E-state index in [1.54, 1.807) is 4.68 Å². The van der Waals surface area contributed by atoms with Gasteiger partial charge in [-0.2, -0.15) is 0 Å². The quantitative estimate of drug-likeness (QED) is 0.566. The Kier molecular flexibility index (Phi) is 4.51. The number of hydrogen-bond donors (Lipinski definition) is 1. The maximum Gasteiger partial charge on any atom is 0.210 e. The summed E-state index contributed by atoms with van der Waals surface area (Å²) in [6.45, 7) is 6.14. The second-order valence-corrected chi connectivity index (χ2v) is 7.72. The van der Waals surface area contributed by atoms with Crippen LogP contribution in [0.4, 0.5) is 0 Å². The first-order chi connectivity index (χ1) is 11.3. The van der Waals surface area contributed by atoms with Gasteiger partial charge in [0.2, 0.25) is 5.16 Å². The van der Waals surface area contributed by atoms with Crippen LogP contribution in [0.25, 0.3) is 5.69 Å². The molecule has 9 heteroatoms. The van der Waals surface area contributed by atoms with E-state index < -0.39 is 0 Å². The minimum Gasteiger partial charge on any atom is -0.336 e. The van der Waals surface area contributed by atoms with Crippen LogP contribution in [-0.2, 0) is 11.2 Å². The maximum atomic E-state index is 6.08. The van der Waals surface area contributed by atoms with E-state index in [0.29, 0.717) is 15.9 Å². The molecule has 2 aromatic heterocycles. The van der Waals surface area contributed by atoms with Crippen molar-refractivity contribution in [3.8, 4) is 5.69 Å². The van der Waals surface area contributed by atoms with E-state index in [1.165, 1.54) is 16.4 Å². The number of aromatic nitrogens is 6. The highest BCUT2D eigenvalue weighted by Crippen LogP contribution is 2.25. The Labute approximate surface area is 149 Å². The normalized spacial score (nSPS) is 11.8. The lowest BCUT2D eigenvalue weighted by Crippen LogP contribution is -2.24. The van der Waals surface area contributed by atoms with Crippen LogP contribution >= 0.6 is 23.4 Å². The van der Waals surface area contributed by atoms with Crippen LogP contribution in [0.1, 0.15) is 32.3 Å². The van der Waals surface area contributed by atoms with E-state index in [4.69, 9.17) is 17.4 Å². The molecule has 0 aliphatic carbocycles. The topological polar surface area (TPSA) is 87.4 Å². The summed E-state index contributed by atoms with van der Waals surface area (Å²) in [4.78, 5) is 0. The molecule has 2 heterocycles. The lowest BCUT2D eigenvalue weighted by molar-refractivity contribution is 0.523. The number of hydrogen-bond acceptors (Lipinski definition) is 6. The van der Waals surface area contributed by atoms with E-state index in [-0.39, 0.29) is 5.41 Å². The van der Waals surface area contributed by atoms with Gasteiger partial charge in [0.15, 0.2) is 5.82 Å². The molecule has 0 aliphatic rings. The second-order valence-electron chi connectivity index (χ2n) is 6.35. The average molecular weight is 364 g/mol. The standard InChI is InChI=1S/C15H18ClN7S/c1-15(2,3)13-19-20-14(23(13)17)24-9-11-8-22(21-18-11)12-6-4-10(16)5-7-12/h4-8H,9,17H2,1-3H3. The van der Waals surface area contributed by atoms with E-state index >= 15 is 0 Å². The first kappa shape index (κ1) is 16.8. The van der Waals surface area contributed by atoms with Gasteiger partial charge < -0.3 is 5.84 Å². The van der Waals surface area contributed by atoms with Crippen molar-refractivity contribution in [2.75, 3.05) is 5.84 Å². The zero-order valence-electron chi connectivity index (χ0n) is 13.6. The highest BCUT2D eigenvalue weighted by Gasteiger charge is 2.23. The predicted molar refractivity (Wildman–Crippen MR) is 94.8 cm³/mol. The van der Waals surface area contributed by atoms with Gasteiger partial charge in [-0.25, -0.2) is 9.36 Å². The van der Waals surface area contributed by atoms with Crippen molar-refractivity contribution >= 4 is 23.4 Å². The number of rotatable bonds is 4. The molecule has 0 aliphatic heterocycles. The summed E-state index contributed by atoms with van der Waals surface area (Å²) in [5.74, 6) is 7.43. The van der Waals surface area contributed by atoms with Crippen molar-refractivity contribution in [1.82, 2.24) is 29.9 Å². The fraction of sp³-hybridized carbons (Fsp3) is 0.333. The number of nitrogen functional groups attached to an aromatic ring is 1. The first-order valence-electron chi connectivity index (χ1n) is 7.35. The highest BCUT2D eigenvalue weighted by molar-refractivity contribution is 7.98. The molecule has 0 saturated carbocycles. The van der Waals surface area contributed by atoms with Gasteiger partial charge in [0.1, 0.15) is 0 Å². The van der Waals surface area contributed by atoms with Gasteiger partial charge in [0.05, 0.1) is 17.6 Å². The summed E-state index contributed by atoms with van der Waals surface area (Å²) >= 11 is 7.37. The Bertz CT molecular complexity index is 832. The van der Waals surface area contributed by atoms with Crippen LogP contribution in [-0.4, -0.2) is 29.9 Å². The summed E-state index contributed by atoms with van der Waals surface area (Å²) in [6.07, 6.45) is 1.87. The maximum absolute atomic E-state index is 6.08. The van der Waals surface area contributed by atoms with Gasteiger partial charge in [-0.1, -0.05) is 49.3 Å². The first-order valence-corrected chi connectivity index (χ1v) is 8.72. The zero-order chi connectivity index (χ0) is 17.3. The van der Waals surface area contributed by atoms with Crippen LogP contribution in [0, 0.1) is 0 Å². The molecule has 3 rings (SSSR count). The fourth-order valence-corrected chi connectivity index (χ4v) is 2.97. The van der Waals surface area contributed by atoms with E-state index in [1.807, 2.05) is 51.2 Å². The van der Waals surface area contributed by atoms with Crippen LogP contribution in [0.3, 0.4) is 0 Å². The number of benzene rings is 1. The molecule has 3 aromatic rings. The third-order valence-electron chi connectivity index (χ3n) is 3.32. The monoisotopic (exact) mass is 363 g/mol. The highest BCUT2D eigenvalue weighted by atomic mass is 35.5. The van der Waals surface area contributed by atoms with Gasteiger partial charge in [0.25, 0.3) is 0 Å². The van der Waals surface area contributed by atoms with Gasteiger partial charge in [-0.3, -0.25) is 0 Å². The van der Waals surface area contributed by atoms with Crippen molar-refractivity contribution in [2.45, 2.75) is 37.1 Å². The summed E-state index contributed by atoms with van der Waals surface area (Å²) in [6, 6.07) is 7.41. The third-order valence-corrected chi connectivity index (χ3v) is 4.55. The molecular formula is C15H18ClN7S. The molecule has 126 valence electrons. The Hall–Kier alpha value is -2.06. The number of thioether (sulfide) groups is 1. The van der Waals surface area contributed by atoms with Gasteiger partial charge in [-0.05, 0) is 24.3 Å². The molecule has 1 aromatic carbocycles. The minimum atomic E-state index is -0.154. The van der Waals surface area contributed by atoms with E-state index in [0.717, 1.165) is 17.2 Å². The molecule has 0 amide bonds. The van der Waals surface area contributed by atoms with Crippen molar-refractivity contribution in [2.24, 2.45) is 0 Å². The molecule has 0 atom stereocenters. The van der Waals surface area contributed by atoms with Crippen molar-refractivity contribution in [3.05, 3.63) is 47.0 Å².